The molecule has 1 amide bonds. The zero-order chi connectivity index (χ0) is 27.0. The molecule has 0 bridgehead atoms. The van der Waals surface area contributed by atoms with Gasteiger partial charge in [-0.2, -0.15) is 18.3 Å². The van der Waals surface area contributed by atoms with Crippen LogP contribution in [0.2, 0.25) is 10.0 Å². The standard InChI is InChI=1S/C25H21Cl2F3IN3O3/c1-2-36-22-9-15(8-21(31)24(22)37-14-16-6-7-18(26)11-20(16)27)12-33-34-23(35)13-32-19-5-3-4-17(10-19)25(28,29)30/h3-12,32H,2,13-14H2,1H3,(H,34,35)/b33-12-. The van der Waals surface area contributed by atoms with E-state index in [4.69, 9.17) is 32.7 Å². The molecule has 0 saturated heterocycles. The van der Waals surface area contributed by atoms with Crippen molar-refractivity contribution in [1.82, 2.24) is 5.43 Å². The fourth-order valence-electron chi connectivity index (χ4n) is 3.06. The van der Waals surface area contributed by atoms with E-state index in [-0.39, 0.29) is 18.8 Å². The average molecular weight is 666 g/mol. The maximum absolute atomic E-state index is 12.8. The lowest BCUT2D eigenvalue weighted by Crippen LogP contribution is -2.26. The smallest absolute Gasteiger partial charge is 0.416 e. The quantitative estimate of drug-likeness (QED) is 0.137. The molecule has 3 aromatic carbocycles. The van der Waals surface area contributed by atoms with Crippen LogP contribution in [0.1, 0.15) is 23.6 Å². The maximum atomic E-state index is 12.8. The third-order valence-corrected chi connectivity index (χ3v) is 6.15. The van der Waals surface area contributed by atoms with E-state index >= 15 is 0 Å². The Balaban J connectivity index is 1.61. The number of nitrogens with one attached hydrogen (secondary N) is 2. The molecule has 0 saturated carbocycles. The highest BCUT2D eigenvalue weighted by atomic mass is 127. The van der Waals surface area contributed by atoms with Crippen LogP contribution < -0.4 is 20.2 Å². The molecule has 0 fully saturated rings. The van der Waals surface area contributed by atoms with Crippen molar-refractivity contribution in [2.24, 2.45) is 5.10 Å². The van der Waals surface area contributed by atoms with Crippen molar-refractivity contribution in [1.29, 1.82) is 0 Å². The second-order valence-corrected chi connectivity index (χ2v) is 9.52. The minimum atomic E-state index is -4.47. The Hall–Kier alpha value is -2.70. The van der Waals surface area contributed by atoms with Gasteiger partial charge in [0.2, 0.25) is 0 Å². The highest BCUT2D eigenvalue weighted by Gasteiger charge is 2.30. The SMILES string of the molecule is CCOc1cc(/C=N\NC(=O)CNc2cccc(C(F)(F)F)c2)cc(I)c1OCc1ccc(Cl)cc1Cl. The molecule has 0 heterocycles. The normalized spacial score (nSPS) is 11.4. The number of rotatable bonds is 10. The Labute approximate surface area is 235 Å². The lowest BCUT2D eigenvalue weighted by molar-refractivity contribution is -0.137. The van der Waals surface area contributed by atoms with E-state index in [9.17, 15) is 18.0 Å². The molecular formula is C25H21Cl2F3IN3O3. The number of hydrogen-bond donors (Lipinski definition) is 2. The number of benzene rings is 3. The van der Waals surface area contributed by atoms with Gasteiger partial charge in [-0.05, 0) is 77.5 Å². The summed E-state index contributed by atoms with van der Waals surface area (Å²) < 4.78 is 50.9. The monoisotopic (exact) mass is 665 g/mol. The predicted molar refractivity (Wildman–Crippen MR) is 147 cm³/mol. The molecule has 0 atom stereocenters. The van der Waals surface area contributed by atoms with Crippen LogP contribution in [0.3, 0.4) is 0 Å². The fourth-order valence-corrected chi connectivity index (χ4v) is 4.30. The van der Waals surface area contributed by atoms with Gasteiger partial charge >= 0.3 is 6.18 Å². The second-order valence-electron chi connectivity index (χ2n) is 7.51. The van der Waals surface area contributed by atoms with E-state index in [2.05, 4.69) is 38.4 Å². The van der Waals surface area contributed by atoms with Gasteiger partial charge in [-0.3, -0.25) is 4.79 Å². The van der Waals surface area contributed by atoms with Crippen LogP contribution in [-0.4, -0.2) is 25.3 Å². The molecule has 196 valence electrons. The Morgan fingerprint density at radius 2 is 1.89 bits per heavy atom. The van der Waals surface area contributed by atoms with Gasteiger partial charge in [0.1, 0.15) is 6.61 Å². The molecule has 12 heteroatoms. The van der Waals surface area contributed by atoms with Crippen LogP contribution >= 0.6 is 45.8 Å². The number of ether oxygens (including phenoxy) is 2. The maximum Gasteiger partial charge on any atom is 0.416 e. The van der Waals surface area contributed by atoms with Crippen LogP contribution in [-0.2, 0) is 17.6 Å². The molecule has 2 N–H and O–H groups in total. The van der Waals surface area contributed by atoms with Crippen molar-refractivity contribution in [3.8, 4) is 11.5 Å². The number of anilines is 1. The summed E-state index contributed by atoms with van der Waals surface area (Å²) in [5, 5.41) is 7.58. The third-order valence-electron chi connectivity index (χ3n) is 4.76. The van der Waals surface area contributed by atoms with Gasteiger partial charge in [0.15, 0.2) is 11.5 Å². The molecule has 0 aliphatic carbocycles. The zero-order valence-electron chi connectivity index (χ0n) is 19.3. The van der Waals surface area contributed by atoms with E-state index in [0.717, 1.165) is 21.3 Å². The lowest BCUT2D eigenvalue weighted by Gasteiger charge is -2.15. The molecule has 0 aromatic heterocycles. The van der Waals surface area contributed by atoms with E-state index in [1.807, 2.05) is 6.92 Å². The van der Waals surface area contributed by atoms with Crippen molar-refractivity contribution in [3.63, 3.8) is 0 Å². The number of alkyl halides is 3. The zero-order valence-corrected chi connectivity index (χ0v) is 23.0. The van der Waals surface area contributed by atoms with Gasteiger partial charge < -0.3 is 14.8 Å². The van der Waals surface area contributed by atoms with E-state index in [1.54, 1.807) is 30.3 Å². The predicted octanol–water partition coefficient (Wildman–Crippen LogP) is 7.16. The first-order chi connectivity index (χ1) is 17.6. The first-order valence-corrected chi connectivity index (χ1v) is 12.7. The third kappa shape index (κ3) is 8.68. The molecule has 3 aromatic rings. The summed E-state index contributed by atoms with van der Waals surface area (Å²) in [6, 6.07) is 13.2. The summed E-state index contributed by atoms with van der Waals surface area (Å²) in [6.07, 6.45) is -3.04. The second kappa shape index (κ2) is 13.2. The largest absolute Gasteiger partial charge is 0.490 e. The average Bonchev–Trinajstić information content (AvgIpc) is 2.83. The summed E-state index contributed by atoms with van der Waals surface area (Å²) in [4.78, 5) is 12.1. The number of carbonyl (C=O) groups excluding carboxylic acids is 1. The Kier molecular flexibility index (Phi) is 10.3. The Morgan fingerprint density at radius 1 is 1.11 bits per heavy atom. The summed E-state index contributed by atoms with van der Waals surface area (Å²) in [7, 11) is 0. The minimum Gasteiger partial charge on any atom is -0.490 e. The fraction of sp³-hybridized carbons (Fsp3) is 0.200. The highest BCUT2D eigenvalue weighted by Crippen LogP contribution is 2.35. The molecule has 0 spiro atoms. The van der Waals surface area contributed by atoms with Gasteiger partial charge in [0.25, 0.3) is 5.91 Å². The summed E-state index contributed by atoms with van der Waals surface area (Å²) in [6.45, 7) is 2.17. The summed E-state index contributed by atoms with van der Waals surface area (Å²) >= 11 is 14.3. The number of hydrogen-bond acceptors (Lipinski definition) is 5. The van der Waals surface area contributed by atoms with Crippen molar-refractivity contribution in [2.75, 3.05) is 18.5 Å². The highest BCUT2D eigenvalue weighted by molar-refractivity contribution is 14.1. The van der Waals surface area contributed by atoms with E-state index in [0.29, 0.717) is 33.7 Å². The van der Waals surface area contributed by atoms with E-state index < -0.39 is 17.6 Å². The van der Waals surface area contributed by atoms with Crippen molar-refractivity contribution in [2.45, 2.75) is 19.7 Å². The summed E-state index contributed by atoms with van der Waals surface area (Å²) in [5.74, 6) is 0.478. The first kappa shape index (κ1) is 28.9. The van der Waals surface area contributed by atoms with Gasteiger partial charge in [0.05, 0.1) is 28.5 Å². The summed E-state index contributed by atoms with van der Waals surface area (Å²) in [5.41, 5.74) is 3.09. The molecule has 0 unspecified atom stereocenters. The van der Waals surface area contributed by atoms with Gasteiger partial charge in [-0.25, -0.2) is 5.43 Å². The molecule has 0 aliphatic heterocycles. The first-order valence-electron chi connectivity index (χ1n) is 10.8. The van der Waals surface area contributed by atoms with Crippen LogP contribution in [0, 0.1) is 3.57 Å². The topological polar surface area (TPSA) is 72.0 Å². The number of halogens is 6. The molecule has 0 radical (unpaired) electrons. The Bertz CT molecular complexity index is 1290. The van der Waals surface area contributed by atoms with Crippen LogP contribution in [0.25, 0.3) is 0 Å². The van der Waals surface area contributed by atoms with Crippen LogP contribution in [0.4, 0.5) is 18.9 Å². The van der Waals surface area contributed by atoms with Crippen molar-refractivity contribution in [3.05, 3.63) is 84.9 Å². The molecule has 3 rings (SSSR count). The van der Waals surface area contributed by atoms with Gasteiger partial charge in [-0.15, -0.1) is 0 Å². The molecule has 0 aliphatic rings. The molecule has 6 nitrogen and oxygen atoms in total. The Morgan fingerprint density at radius 3 is 2.59 bits per heavy atom. The number of amides is 1. The number of nitrogens with zero attached hydrogens (tertiary/aromatic N) is 1. The number of hydrazone groups is 1. The van der Waals surface area contributed by atoms with Crippen molar-refractivity contribution >= 4 is 63.6 Å². The van der Waals surface area contributed by atoms with Gasteiger partial charge in [-0.1, -0.05) is 35.3 Å². The molecular weight excluding hydrogens is 645 g/mol. The molecule has 37 heavy (non-hydrogen) atoms. The van der Waals surface area contributed by atoms with E-state index in [1.165, 1.54) is 18.3 Å². The number of carbonyl (C=O) groups is 1. The van der Waals surface area contributed by atoms with Gasteiger partial charge in [0, 0.05) is 21.3 Å². The lowest BCUT2D eigenvalue weighted by atomic mass is 10.2. The minimum absolute atomic E-state index is 0.167. The van der Waals surface area contributed by atoms with Crippen LogP contribution in [0.15, 0.2) is 59.7 Å². The van der Waals surface area contributed by atoms with Crippen LogP contribution in [0.5, 0.6) is 11.5 Å². The van der Waals surface area contributed by atoms with Crippen molar-refractivity contribution < 1.29 is 27.4 Å².